The van der Waals surface area contributed by atoms with E-state index in [9.17, 15) is 0 Å². The summed E-state index contributed by atoms with van der Waals surface area (Å²) in [5.41, 5.74) is 6.89. The van der Waals surface area contributed by atoms with Crippen LogP contribution in [0.4, 0.5) is 0 Å². The molecule has 0 spiro atoms. The fourth-order valence-electron chi connectivity index (χ4n) is 5.74. The van der Waals surface area contributed by atoms with Crippen LogP contribution in [0.15, 0.2) is 78.9 Å². The first kappa shape index (κ1) is 23.5. The monoisotopic (exact) mass is 463 g/mol. The van der Waals surface area contributed by atoms with Crippen molar-refractivity contribution in [3.8, 4) is 22.6 Å². The van der Waals surface area contributed by atoms with Crippen molar-refractivity contribution in [2.24, 2.45) is 12.5 Å². The summed E-state index contributed by atoms with van der Waals surface area (Å²) in [6.07, 6.45) is 7.67. The molecule has 3 heteroatoms. The second kappa shape index (κ2) is 9.45. The Bertz CT molecular complexity index is 1280. The van der Waals surface area contributed by atoms with Crippen molar-refractivity contribution in [3.63, 3.8) is 0 Å². The molecule has 1 fully saturated rings. The van der Waals surface area contributed by atoms with Crippen molar-refractivity contribution >= 4 is 0 Å². The largest absolute Gasteiger partial charge is 0.331 e. The van der Waals surface area contributed by atoms with Gasteiger partial charge in [0.25, 0.3) is 0 Å². The molecule has 180 valence electrons. The highest BCUT2D eigenvalue weighted by Crippen LogP contribution is 2.42. The first-order valence-electron chi connectivity index (χ1n) is 13.0. The van der Waals surface area contributed by atoms with Gasteiger partial charge in [0.1, 0.15) is 5.82 Å². The van der Waals surface area contributed by atoms with E-state index < -0.39 is 0 Å². The third-order valence-corrected chi connectivity index (χ3v) is 7.95. The molecule has 35 heavy (non-hydrogen) atoms. The molecule has 0 saturated heterocycles. The van der Waals surface area contributed by atoms with Gasteiger partial charge in [0.15, 0.2) is 0 Å². The van der Waals surface area contributed by atoms with Gasteiger partial charge in [-0.05, 0) is 50.7 Å². The molecule has 3 nitrogen and oxygen atoms in total. The summed E-state index contributed by atoms with van der Waals surface area (Å²) in [6, 6.07) is 27.5. The maximum Gasteiger partial charge on any atom is 0.140 e. The average Bonchev–Trinajstić information content (AvgIpc) is 3.21. The number of hydrogen-bond donors (Lipinski definition) is 0. The number of aromatic nitrogens is 3. The third kappa shape index (κ3) is 4.69. The number of nitrogens with zero attached hydrogens (tertiary/aromatic N) is 3. The second-order valence-electron chi connectivity index (χ2n) is 11.1. The van der Waals surface area contributed by atoms with Crippen LogP contribution in [-0.4, -0.2) is 14.5 Å². The Hall–Kier alpha value is -3.20. The van der Waals surface area contributed by atoms with Gasteiger partial charge in [-0.25, -0.2) is 4.98 Å². The van der Waals surface area contributed by atoms with Crippen molar-refractivity contribution in [3.05, 3.63) is 95.9 Å². The molecule has 4 aromatic rings. The topological polar surface area (TPSA) is 30.7 Å². The fourth-order valence-corrected chi connectivity index (χ4v) is 5.74. The molecule has 0 aliphatic heterocycles. The number of imidazole rings is 1. The van der Waals surface area contributed by atoms with Gasteiger partial charge in [-0.15, -0.1) is 0 Å². The van der Waals surface area contributed by atoms with Crippen LogP contribution in [0.5, 0.6) is 0 Å². The Kier molecular flexibility index (Phi) is 6.35. The van der Waals surface area contributed by atoms with E-state index in [0.29, 0.717) is 5.41 Å². The Balaban J connectivity index is 1.62. The lowest BCUT2D eigenvalue weighted by atomic mass is 9.71. The fraction of sp³-hybridized carbons (Fsp3) is 0.375. The molecule has 2 aromatic heterocycles. The number of hydrogen-bond acceptors (Lipinski definition) is 2. The predicted molar refractivity (Wildman–Crippen MR) is 145 cm³/mol. The summed E-state index contributed by atoms with van der Waals surface area (Å²) in [4.78, 5) is 10.5. The molecule has 0 bridgehead atoms. The first-order chi connectivity index (χ1) is 16.9. The van der Waals surface area contributed by atoms with Crippen LogP contribution in [0.1, 0.15) is 70.0 Å². The second-order valence-corrected chi connectivity index (χ2v) is 11.1. The maximum atomic E-state index is 5.35. The van der Waals surface area contributed by atoms with Crippen molar-refractivity contribution < 1.29 is 0 Å². The van der Waals surface area contributed by atoms with Crippen LogP contribution in [-0.2, 0) is 18.9 Å². The summed E-state index contributed by atoms with van der Waals surface area (Å²) in [7, 11) is 2.20. The van der Waals surface area contributed by atoms with Gasteiger partial charge in [-0.2, -0.15) is 0 Å². The van der Waals surface area contributed by atoms with Gasteiger partial charge in [0.2, 0.25) is 0 Å². The number of benzene rings is 2. The van der Waals surface area contributed by atoms with Gasteiger partial charge in [0, 0.05) is 23.9 Å². The Morgan fingerprint density at radius 1 is 0.771 bits per heavy atom. The molecule has 0 amide bonds. The van der Waals surface area contributed by atoms with E-state index in [0.717, 1.165) is 40.5 Å². The van der Waals surface area contributed by atoms with E-state index in [4.69, 9.17) is 9.97 Å². The smallest absolute Gasteiger partial charge is 0.140 e. The minimum absolute atomic E-state index is 0.323. The van der Waals surface area contributed by atoms with Gasteiger partial charge < -0.3 is 4.57 Å². The molecule has 0 atom stereocenters. The molecule has 1 aliphatic rings. The Morgan fingerprint density at radius 2 is 1.40 bits per heavy atom. The van der Waals surface area contributed by atoms with Crippen molar-refractivity contribution in [2.75, 3.05) is 0 Å². The van der Waals surface area contributed by atoms with E-state index in [-0.39, 0.29) is 5.41 Å². The molecule has 2 heterocycles. The molecular weight excluding hydrogens is 426 g/mol. The molecule has 5 rings (SSSR count). The lowest BCUT2D eigenvalue weighted by molar-refractivity contribution is 0.210. The summed E-state index contributed by atoms with van der Waals surface area (Å²) < 4.78 is 2.35. The molecule has 1 saturated carbocycles. The van der Waals surface area contributed by atoms with Crippen molar-refractivity contribution in [1.29, 1.82) is 0 Å². The first-order valence-corrected chi connectivity index (χ1v) is 13.0. The third-order valence-electron chi connectivity index (χ3n) is 7.95. The Morgan fingerprint density at radius 3 is 2.06 bits per heavy atom. The molecule has 0 radical (unpaired) electrons. The van der Waals surface area contributed by atoms with Crippen LogP contribution in [0.2, 0.25) is 0 Å². The zero-order chi connectivity index (χ0) is 24.5. The molecule has 2 aromatic carbocycles. The zero-order valence-corrected chi connectivity index (χ0v) is 21.6. The molecule has 0 unspecified atom stereocenters. The predicted octanol–water partition coefficient (Wildman–Crippen LogP) is 7.99. The highest BCUT2D eigenvalue weighted by molar-refractivity contribution is 5.60. The van der Waals surface area contributed by atoms with Crippen molar-refractivity contribution in [2.45, 2.75) is 64.7 Å². The summed E-state index contributed by atoms with van der Waals surface area (Å²) in [5, 5.41) is 0. The van der Waals surface area contributed by atoms with Gasteiger partial charge in [0.05, 0.1) is 22.5 Å². The lowest BCUT2D eigenvalue weighted by Crippen LogP contribution is -2.28. The molecule has 0 N–H and O–H groups in total. The van der Waals surface area contributed by atoms with Crippen molar-refractivity contribution in [1.82, 2.24) is 14.5 Å². The molecular formula is C32H37N3. The SMILES string of the molecule is Cn1c(-c2ccccc2)nc(C(C)(C)c2cccc(-c3ccccc3)n2)c1CC1(C)CCCCC1. The van der Waals surface area contributed by atoms with Gasteiger partial charge in [-0.1, -0.05) is 92.9 Å². The van der Waals surface area contributed by atoms with E-state index in [2.05, 4.69) is 111 Å². The highest BCUT2D eigenvalue weighted by Gasteiger charge is 2.36. The number of pyridine rings is 1. The zero-order valence-electron chi connectivity index (χ0n) is 21.6. The standard InChI is InChI=1S/C32H37N3/c1-31(2,28-20-14-19-26(33-28)24-15-8-5-9-16-24)29-27(23-32(3)21-12-7-13-22-32)35(4)30(34-29)25-17-10-6-11-18-25/h5-6,8-11,14-20H,7,12-13,21-23H2,1-4H3. The minimum atomic E-state index is -0.323. The van der Waals surface area contributed by atoms with Crippen LogP contribution >= 0.6 is 0 Å². The van der Waals surface area contributed by atoms with Crippen LogP contribution < -0.4 is 0 Å². The average molecular weight is 464 g/mol. The highest BCUT2D eigenvalue weighted by atomic mass is 15.1. The lowest BCUT2D eigenvalue weighted by Gasteiger charge is -2.35. The van der Waals surface area contributed by atoms with E-state index in [1.807, 2.05) is 0 Å². The van der Waals surface area contributed by atoms with E-state index in [1.165, 1.54) is 37.8 Å². The summed E-state index contributed by atoms with van der Waals surface area (Å²) in [5.74, 6) is 1.04. The maximum absolute atomic E-state index is 5.35. The minimum Gasteiger partial charge on any atom is -0.331 e. The van der Waals surface area contributed by atoms with Crippen LogP contribution in [0.3, 0.4) is 0 Å². The van der Waals surface area contributed by atoms with Gasteiger partial charge in [-0.3, -0.25) is 4.98 Å². The molecule has 1 aliphatic carbocycles. The summed E-state index contributed by atoms with van der Waals surface area (Å²) >= 11 is 0. The van der Waals surface area contributed by atoms with E-state index in [1.54, 1.807) is 0 Å². The number of rotatable bonds is 6. The Labute approximate surface area is 210 Å². The van der Waals surface area contributed by atoms with Crippen LogP contribution in [0.25, 0.3) is 22.6 Å². The van der Waals surface area contributed by atoms with E-state index >= 15 is 0 Å². The van der Waals surface area contributed by atoms with Crippen LogP contribution in [0, 0.1) is 5.41 Å². The summed E-state index contributed by atoms with van der Waals surface area (Å²) in [6.45, 7) is 7.05. The normalized spacial score (nSPS) is 15.8. The quantitative estimate of drug-likeness (QED) is 0.290. The van der Waals surface area contributed by atoms with Gasteiger partial charge >= 0.3 is 0 Å².